The fraction of sp³-hybridized carbons (Fsp3) is 0.786. The van der Waals surface area contributed by atoms with Gasteiger partial charge in [-0.15, -0.1) is 11.3 Å². The van der Waals surface area contributed by atoms with Crippen LogP contribution in [-0.4, -0.2) is 18.1 Å². The number of rotatable bonds is 9. The molecule has 0 atom stereocenters. The van der Waals surface area contributed by atoms with Crippen molar-refractivity contribution in [2.45, 2.75) is 53.7 Å². The van der Waals surface area contributed by atoms with Crippen LogP contribution >= 0.6 is 11.3 Å². The van der Waals surface area contributed by atoms with Gasteiger partial charge in [-0.05, 0) is 32.2 Å². The van der Waals surface area contributed by atoms with Crippen molar-refractivity contribution in [3.8, 4) is 0 Å². The van der Waals surface area contributed by atoms with Gasteiger partial charge in [0.25, 0.3) is 0 Å². The Hall–Kier alpha value is -0.450. The van der Waals surface area contributed by atoms with Crippen LogP contribution in [0.5, 0.6) is 0 Å². The summed E-state index contributed by atoms with van der Waals surface area (Å²) in [6, 6.07) is 0. The minimum atomic E-state index is 0.650. The van der Waals surface area contributed by atoms with E-state index in [1.165, 1.54) is 17.0 Å². The molecule has 0 saturated heterocycles. The van der Waals surface area contributed by atoms with Crippen molar-refractivity contribution in [1.29, 1.82) is 0 Å². The quantitative estimate of drug-likeness (QED) is 0.699. The van der Waals surface area contributed by atoms with E-state index in [9.17, 15) is 0 Å². The third kappa shape index (κ3) is 5.46. The minimum absolute atomic E-state index is 0.650. The van der Waals surface area contributed by atoms with Crippen LogP contribution in [0.4, 0.5) is 0 Å². The summed E-state index contributed by atoms with van der Waals surface area (Å²) in [5, 5.41) is 4.58. The highest BCUT2D eigenvalue weighted by Gasteiger charge is 2.12. The van der Waals surface area contributed by atoms with Crippen molar-refractivity contribution in [3.63, 3.8) is 0 Å². The molecule has 1 rings (SSSR count). The van der Waals surface area contributed by atoms with Crippen molar-refractivity contribution in [1.82, 2.24) is 10.3 Å². The highest BCUT2D eigenvalue weighted by atomic mass is 32.1. The fourth-order valence-corrected chi connectivity index (χ4v) is 2.75. The molecule has 0 fully saturated rings. The van der Waals surface area contributed by atoms with Gasteiger partial charge >= 0.3 is 0 Å². The van der Waals surface area contributed by atoms with E-state index in [0.717, 1.165) is 31.1 Å². The molecule has 0 bridgehead atoms. The Labute approximate surface area is 115 Å². The van der Waals surface area contributed by atoms with Gasteiger partial charge in [-0.25, -0.2) is 4.98 Å². The smallest absolute Gasteiger partial charge is 0.119 e. The lowest BCUT2D eigenvalue weighted by Gasteiger charge is -2.05. The summed E-state index contributed by atoms with van der Waals surface area (Å²) in [5.41, 5.74) is 1.26. The van der Waals surface area contributed by atoms with Gasteiger partial charge in [0.1, 0.15) is 5.01 Å². The van der Waals surface area contributed by atoms with E-state index in [4.69, 9.17) is 9.72 Å². The lowest BCUT2D eigenvalue weighted by atomic mass is 10.1. The summed E-state index contributed by atoms with van der Waals surface area (Å²) >= 11 is 1.79. The maximum atomic E-state index is 5.45. The topological polar surface area (TPSA) is 34.1 Å². The zero-order valence-electron chi connectivity index (χ0n) is 12.1. The Balaban J connectivity index is 2.66. The van der Waals surface area contributed by atoms with Gasteiger partial charge < -0.3 is 10.1 Å². The number of thiazole rings is 1. The molecule has 0 aliphatic heterocycles. The Morgan fingerprint density at radius 2 is 2.11 bits per heavy atom. The van der Waals surface area contributed by atoms with Crippen molar-refractivity contribution < 1.29 is 4.74 Å². The van der Waals surface area contributed by atoms with E-state index in [1.807, 2.05) is 6.92 Å². The molecule has 1 aromatic heterocycles. The van der Waals surface area contributed by atoms with Crippen LogP contribution in [0.1, 0.15) is 49.7 Å². The van der Waals surface area contributed by atoms with Gasteiger partial charge in [0, 0.05) is 18.0 Å². The highest BCUT2D eigenvalue weighted by Crippen LogP contribution is 2.22. The molecule has 1 aromatic rings. The molecule has 4 heteroatoms. The van der Waals surface area contributed by atoms with Crippen LogP contribution in [0.25, 0.3) is 0 Å². The lowest BCUT2D eigenvalue weighted by Crippen LogP contribution is -2.14. The molecule has 0 unspecified atom stereocenters. The molecular formula is C14H26N2OS. The van der Waals surface area contributed by atoms with E-state index in [2.05, 4.69) is 26.1 Å². The van der Waals surface area contributed by atoms with Gasteiger partial charge in [-0.2, -0.15) is 0 Å². The predicted octanol–water partition coefficient (Wildman–Crippen LogP) is 3.38. The van der Waals surface area contributed by atoms with E-state index < -0.39 is 0 Å². The zero-order valence-corrected chi connectivity index (χ0v) is 12.9. The van der Waals surface area contributed by atoms with E-state index in [-0.39, 0.29) is 0 Å². The number of nitrogens with zero attached hydrogens (tertiary/aromatic N) is 1. The van der Waals surface area contributed by atoms with Crippen LogP contribution < -0.4 is 5.32 Å². The molecule has 1 N–H and O–H groups in total. The Bertz CT molecular complexity index is 337. The molecule has 104 valence electrons. The Morgan fingerprint density at radius 3 is 2.72 bits per heavy atom. The summed E-state index contributed by atoms with van der Waals surface area (Å²) in [6.45, 7) is 12.1. The number of ether oxygens (including phenoxy) is 1. The summed E-state index contributed by atoms with van der Waals surface area (Å²) < 4.78 is 5.45. The van der Waals surface area contributed by atoms with Crippen LogP contribution in [0.2, 0.25) is 0 Å². The molecule has 0 aliphatic rings. The van der Waals surface area contributed by atoms with Crippen molar-refractivity contribution in [2.24, 2.45) is 5.92 Å². The van der Waals surface area contributed by atoms with Crippen LogP contribution in [-0.2, 0) is 24.3 Å². The first-order valence-electron chi connectivity index (χ1n) is 6.93. The molecule has 3 nitrogen and oxygen atoms in total. The summed E-state index contributed by atoms with van der Waals surface area (Å²) in [7, 11) is 0. The summed E-state index contributed by atoms with van der Waals surface area (Å²) in [5.74, 6) is 0.650. The van der Waals surface area contributed by atoms with Crippen molar-refractivity contribution in [2.75, 3.05) is 13.2 Å². The third-order valence-corrected chi connectivity index (χ3v) is 3.64. The second-order valence-corrected chi connectivity index (χ2v) is 6.06. The van der Waals surface area contributed by atoms with Crippen molar-refractivity contribution in [3.05, 3.63) is 15.6 Å². The maximum absolute atomic E-state index is 5.45. The number of hydrogen-bond donors (Lipinski definition) is 1. The Morgan fingerprint density at radius 1 is 1.33 bits per heavy atom. The van der Waals surface area contributed by atoms with Gasteiger partial charge in [0.05, 0.1) is 12.3 Å². The van der Waals surface area contributed by atoms with E-state index in [0.29, 0.717) is 12.5 Å². The maximum Gasteiger partial charge on any atom is 0.119 e. The number of aromatic nitrogens is 1. The van der Waals surface area contributed by atoms with Gasteiger partial charge in [-0.1, -0.05) is 20.8 Å². The van der Waals surface area contributed by atoms with Gasteiger partial charge in [-0.3, -0.25) is 0 Å². The van der Waals surface area contributed by atoms with Crippen LogP contribution in [0.15, 0.2) is 0 Å². The van der Waals surface area contributed by atoms with Crippen molar-refractivity contribution >= 4 is 11.3 Å². The summed E-state index contributed by atoms with van der Waals surface area (Å²) in [4.78, 5) is 6.10. The molecular weight excluding hydrogens is 244 g/mol. The zero-order chi connectivity index (χ0) is 13.4. The third-order valence-electron chi connectivity index (χ3n) is 2.57. The second-order valence-electron chi connectivity index (χ2n) is 4.89. The average molecular weight is 270 g/mol. The second kappa shape index (κ2) is 8.62. The summed E-state index contributed by atoms with van der Waals surface area (Å²) in [6.07, 6.45) is 2.23. The number of nitrogens with one attached hydrogen (secondary N) is 1. The molecule has 0 aliphatic carbocycles. The van der Waals surface area contributed by atoms with E-state index in [1.54, 1.807) is 11.3 Å². The first-order chi connectivity index (χ1) is 8.67. The first-order valence-corrected chi connectivity index (χ1v) is 7.74. The molecule has 1 heterocycles. The Kier molecular flexibility index (Phi) is 7.47. The van der Waals surface area contributed by atoms with Gasteiger partial charge in [0.15, 0.2) is 0 Å². The fourth-order valence-electron chi connectivity index (χ4n) is 1.75. The predicted molar refractivity (Wildman–Crippen MR) is 78.0 cm³/mol. The largest absolute Gasteiger partial charge is 0.375 e. The first kappa shape index (κ1) is 15.6. The van der Waals surface area contributed by atoms with Gasteiger partial charge in [0.2, 0.25) is 0 Å². The normalized spacial score (nSPS) is 11.4. The minimum Gasteiger partial charge on any atom is -0.375 e. The molecule has 0 amide bonds. The molecule has 0 spiro atoms. The van der Waals surface area contributed by atoms with Crippen LogP contribution in [0.3, 0.4) is 0 Å². The molecule has 0 aromatic carbocycles. The molecule has 0 saturated carbocycles. The van der Waals surface area contributed by atoms with E-state index >= 15 is 0 Å². The lowest BCUT2D eigenvalue weighted by molar-refractivity contribution is 0.133. The number of hydrogen-bond acceptors (Lipinski definition) is 4. The SMILES string of the molecule is CCCNCc1sc(COCC)nc1CC(C)C. The van der Waals surface area contributed by atoms with Crippen LogP contribution in [0, 0.1) is 5.92 Å². The highest BCUT2D eigenvalue weighted by molar-refractivity contribution is 7.11. The molecule has 18 heavy (non-hydrogen) atoms. The standard InChI is InChI=1S/C14H26N2OS/c1-5-7-15-9-13-12(8-11(3)4)16-14(18-13)10-17-6-2/h11,15H,5-10H2,1-4H3. The average Bonchev–Trinajstić information content (AvgIpc) is 2.69. The molecule has 0 radical (unpaired) electrons. The monoisotopic (exact) mass is 270 g/mol.